The molecule has 2 rings (SSSR count). The lowest BCUT2D eigenvalue weighted by Gasteiger charge is -2.24. The Morgan fingerprint density at radius 1 is 0.963 bits per heavy atom. The topological polar surface area (TPSA) is 104 Å². The van der Waals surface area contributed by atoms with E-state index in [2.05, 4.69) is 5.32 Å². The second kappa shape index (κ2) is 9.63. The van der Waals surface area contributed by atoms with Gasteiger partial charge in [-0.3, -0.25) is 4.79 Å². The average Bonchev–Trinajstić information content (AvgIpc) is 2.67. The Hall–Kier alpha value is -1.49. The summed E-state index contributed by atoms with van der Waals surface area (Å²) in [5.41, 5.74) is 0. The van der Waals surface area contributed by atoms with Crippen molar-refractivity contribution in [1.82, 2.24) is 13.9 Å². The van der Waals surface area contributed by atoms with E-state index in [-0.39, 0.29) is 55.7 Å². The van der Waals surface area contributed by atoms with Crippen LogP contribution in [0.25, 0.3) is 0 Å². The van der Waals surface area contributed by atoms with Gasteiger partial charge in [-0.05, 0) is 25.0 Å². The van der Waals surface area contributed by atoms with Crippen LogP contribution in [0.3, 0.4) is 0 Å². The first kappa shape index (κ1) is 21.8. The molecule has 0 spiro atoms. The summed E-state index contributed by atoms with van der Waals surface area (Å²) in [5.74, 6) is -0.259. The highest BCUT2D eigenvalue weighted by molar-refractivity contribution is 7.89. The third-order valence-electron chi connectivity index (χ3n) is 4.32. The highest BCUT2D eigenvalue weighted by atomic mass is 32.2. The number of carbonyl (C=O) groups is 1. The predicted octanol–water partition coefficient (Wildman–Crippen LogP) is 0.629. The van der Waals surface area contributed by atoms with Crippen LogP contribution in [0.1, 0.15) is 26.2 Å². The van der Waals surface area contributed by atoms with Crippen molar-refractivity contribution in [2.24, 2.45) is 0 Å². The van der Waals surface area contributed by atoms with Gasteiger partial charge < -0.3 is 5.32 Å². The quantitative estimate of drug-likeness (QED) is 0.757. The highest BCUT2D eigenvalue weighted by Gasteiger charge is 2.27. The zero-order valence-electron chi connectivity index (χ0n) is 15.5. The third kappa shape index (κ3) is 6.00. The van der Waals surface area contributed by atoms with Gasteiger partial charge in [0.2, 0.25) is 26.0 Å². The molecular weight excluding hydrogens is 390 g/mol. The SMILES string of the molecule is CCCS(=O)(=O)N1CCCN(S(=O)(=O)c2ccccc2)CCC(=O)NCC1. The molecule has 0 saturated carbocycles. The second-order valence-corrected chi connectivity index (χ2v) is 10.4. The van der Waals surface area contributed by atoms with E-state index in [1.165, 1.54) is 20.7 Å². The molecule has 1 saturated heterocycles. The van der Waals surface area contributed by atoms with Gasteiger partial charge in [-0.15, -0.1) is 0 Å². The van der Waals surface area contributed by atoms with E-state index < -0.39 is 20.0 Å². The first-order chi connectivity index (χ1) is 12.8. The van der Waals surface area contributed by atoms with Gasteiger partial charge in [0.15, 0.2) is 0 Å². The van der Waals surface area contributed by atoms with E-state index in [1.807, 2.05) is 0 Å². The molecule has 0 atom stereocenters. The molecule has 10 heteroatoms. The van der Waals surface area contributed by atoms with Gasteiger partial charge in [-0.2, -0.15) is 4.31 Å². The maximum Gasteiger partial charge on any atom is 0.243 e. The van der Waals surface area contributed by atoms with Crippen molar-refractivity contribution < 1.29 is 21.6 Å². The molecule has 27 heavy (non-hydrogen) atoms. The van der Waals surface area contributed by atoms with Crippen LogP contribution in [0.15, 0.2) is 35.2 Å². The summed E-state index contributed by atoms with van der Waals surface area (Å²) in [6.45, 7) is 2.64. The number of rotatable bonds is 5. The molecule has 0 radical (unpaired) electrons. The molecule has 1 aliphatic heterocycles. The number of sulfonamides is 2. The largest absolute Gasteiger partial charge is 0.355 e. The van der Waals surface area contributed by atoms with Gasteiger partial charge in [-0.1, -0.05) is 25.1 Å². The maximum atomic E-state index is 12.9. The van der Waals surface area contributed by atoms with Gasteiger partial charge in [0, 0.05) is 39.1 Å². The third-order valence-corrected chi connectivity index (χ3v) is 8.31. The summed E-state index contributed by atoms with van der Waals surface area (Å²) < 4.78 is 53.2. The van der Waals surface area contributed by atoms with Crippen LogP contribution in [0.5, 0.6) is 0 Å². The van der Waals surface area contributed by atoms with Crippen LogP contribution in [0.2, 0.25) is 0 Å². The van der Waals surface area contributed by atoms with Gasteiger partial charge in [0.25, 0.3) is 0 Å². The van der Waals surface area contributed by atoms with E-state index in [9.17, 15) is 21.6 Å². The molecule has 1 amide bonds. The Bertz CT molecular complexity index is 825. The van der Waals surface area contributed by atoms with E-state index in [1.54, 1.807) is 25.1 Å². The van der Waals surface area contributed by atoms with E-state index in [0.717, 1.165) is 0 Å². The zero-order chi connectivity index (χ0) is 19.9. The molecule has 0 aromatic heterocycles. The summed E-state index contributed by atoms with van der Waals surface area (Å²) in [7, 11) is -7.16. The lowest BCUT2D eigenvalue weighted by molar-refractivity contribution is -0.121. The Morgan fingerprint density at radius 2 is 1.63 bits per heavy atom. The van der Waals surface area contributed by atoms with Crippen molar-refractivity contribution in [2.45, 2.75) is 31.1 Å². The van der Waals surface area contributed by atoms with Crippen LogP contribution in [0.4, 0.5) is 0 Å². The van der Waals surface area contributed by atoms with Crippen molar-refractivity contribution in [1.29, 1.82) is 0 Å². The summed E-state index contributed by atoms with van der Waals surface area (Å²) in [6, 6.07) is 8.04. The second-order valence-electron chi connectivity index (χ2n) is 6.39. The van der Waals surface area contributed by atoms with Crippen LogP contribution in [0, 0.1) is 0 Å². The normalized spacial score (nSPS) is 19.2. The fraction of sp³-hybridized carbons (Fsp3) is 0.588. The number of carbonyl (C=O) groups excluding carboxylic acids is 1. The molecule has 0 unspecified atom stereocenters. The number of nitrogens with zero attached hydrogens (tertiary/aromatic N) is 2. The number of amides is 1. The zero-order valence-corrected chi connectivity index (χ0v) is 17.1. The predicted molar refractivity (Wildman–Crippen MR) is 103 cm³/mol. The van der Waals surface area contributed by atoms with Gasteiger partial charge in [0.1, 0.15) is 0 Å². The number of benzene rings is 1. The molecule has 1 fully saturated rings. The Balaban J connectivity index is 2.21. The fourth-order valence-electron chi connectivity index (χ4n) is 2.93. The van der Waals surface area contributed by atoms with Gasteiger partial charge >= 0.3 is 0 Å². The van der Waals surface area contributed by atoms with Crippen LogP contribution in [-0.4, -0.2) is 69.8 Å². The molecule has 1 aromatic rings. The molecule has 152 valence electrons. The summed E-state index contributed by atoms with van der Waals surface area (Å²) in [5, 5.41) is 2.67. The maximum absolute atomic E-state index is 12.9. The van der Waals surface area contributed by atoms with Crippen LogP contribution in [-0.2, 0) is 24.8 Å². The van der Waals surface area contributed by atoms with Crippen molar-refractivity contribution in [3.63, 3.8) is 0 Å². The summed E-state index contributed by atoms with van der Waals surface area (Å²) in [4.78, 5) is 12.2. The molecule has 1 aromatic carbocycles. The Kier molecular flexibility index (Phi) is 7.78. The van der Waals surface area contributed by atoms with E-state index in [0.29, 0.717) is 12.8 Å². The standard InChI is InChI=1S/C17H27N3O5S2/c1-2-15-26(22,23)19-11-6-12-20(13-9-17(21)18-10-14-19)27(24,25)16-7-4-3-5-8-16/h3-5,7-8H,2,6,9-15H2,1H3,(H,18,21). The minimum absolute atomic E-state index is 0.0347. The summed E-state index contributed by atoms with van der Waals surface area (Å²) >= 11 is 0. The van der Waals surface area contributed by atoms with Crippen molar-refractivity contribution in [3.05, 3.63) is 30.3 Å². The monoisotopic (exact) mass is 417 g/mol. The summed E-state index contributed by atoms with van der Waals surface area (Å²) in [6.07, 6.45) is 0.899. The van der Waals surface area contributed by atoms with Gasteiger partial charge in [-0.25, -0.2) is 21.1 Å². The molecule has 1 aliphatic rings. The van der Waals surface area contributed by atoms with Crippen LogP contribution >= 0.6 is 0 Å². The molecule has 0 aliphatic carbocycles. The average molecular weight is 418 g/mol. The molecule has 0 bridgehead atoms. The van der Waals surface area contributed by atoms with Crippen molar-refractivity contribution in [3.8, 4) is 0 Å². The first-order valence-corrected chi connectivity index (χ1v) is 12.1. The number of hydrogen-bond acceptors (Lipinski definition) is 5. The lowest BCUT2D eigenvalue weighted by Crippen LogP contribution is -2.40. The van der Waals surface area contributed by atoms with Crippen molar-refractivity contribution in [2.75, 3.05) is 38.5 Å². The Labute approximate surface area is 161 Å². The number of hydrogen-bond donors (Lipinski definition) is 1. The highest BCUT2D eigenvalue weighted by Crippen LogP contribution is 2.17. The molecule has 1 heterocycles. The number of nitrogens with one attached hydrogen (secondary N) is 1. The van der Waals surface area contributed by atoms with Crippen molar-refractivity contribution >= 4 is 26.0 Å². The first-order valence-electron chi connectivity index (χ1n) is 9.07. The lowest BCUT2D eigenvalue weighted by atomic mass is 10.3. The minimum Gasteiger partial charge on any atom is -0.355 e. The van der Waals surface area contributed by atoms with E-state index in [4.69, 9.17) is 0 Å². The minimum atomic E-state index is -3.74. The molecular formula is C17H27N3O5S2. The van der Waals surface area contributed by atoms with Crippen LogP contribution < -0.4 is 5.32 Å². The van der Waals surface area contributed by atoms with E-state index >= 15 is 0 Å². The van der Waals surface area contributed by atoms with Gasteiger partial charge in [0.05, 0.1) is 10.6 Å². The Morgan fingerprint density at radius 3 is 2.30 bits per heavy atom. The molecule has 8 nitrogen and oxygen atoms in total. The smallest absolute Gasteiger partial charge is 0.243 e. The fourth-order valence-corrected chi connectivity index (χ4v) is 5.98. The molecule has 1 N–H and O–H groups in total.